The molecule has 0 spiro atoms. The summed E-state index contributed by atoms with van der Waals surface area (Å²) < 4.78 is 5.11. The van der Waals surface area contributed by atoms with Crippen LogP contribution in [-0.4, -0.2) is 42.5 Å². The molecule has 1 saturated heterocycles. The maximum absolute atomic E-state index is 12.7. The van der Waals surface area contributed by atoms with E-state index in [4.69, 9.17) is 4.74 Å². The maximum Gasteiger partial charge on any atom is 0.309 e. The Kier molecular flexibility index (Phi) is 7.64. The average Bonchev–Trinajstić information content (AvgIpc) is 2.67. The zero-order valence-corrected chi connectivity index (χ0v) is 16.5. The van der Waals surface area contributed by atoms with E-state index in [1.165, 1.54) is 5.56 Å². The number of likely N-dealkylation sites (tertiary alicyclic amines) is 1. The lowest BCUT2D eigenvalue weighted by Crippen LogP contribution is -2.47. The van der Waals surface area contributed by atoms with Gasteiger partial charge in [0, 0.05) is 5.69 Å². The van der Waals surface area contributed by atoms with Gasteiger partial charge in [-0.05, 0) is 63.7 Å². The Hall–Kier alpha value is -1.88. The van der Waals surface area contributed by atoms with Crippen molar-refractivity contribution in [2.75, 3.05) is 25.0 Å². The summed E-state index contributed by atoms with van der Waals surface area (Å²) in [5.41, 5.74) is 2.08. The molecule has 2 atom stereocenters. The summed E-state index contributed by atoms with van der Waals surface area (Å²) in [6.07, 6.45) is 2.53. The highest BCUT2D eigenvalue weighted by Gasteiger charge is 2.30. The van der Waals surface area contributed by atoms with Gasteiger partial charge < -0.3 is 10.1 Å². The number of carbonyl (C=O) groups is 2. The molecule has 0 unspecified atom stereocenters. The van der Waals surface area contributed by atoms with Crippen LogP contribution in [-0.2, 0) is 14.3 Å². The Balaban J connectivity index is 1.94. The molecule has 0 radical (unpaired) electrons. The average molecular weight is 360 g/mol. The highest BCUT2D eigenvalue weighted by molar-refractivity contribution is 5.95. The molecule has 1 heterocycles. The van der Waals surface area contributed by atoms with E-state index in [1.54, 1.807) is 0 Å². The number of hydrogen-bond donors (Lipinski definition) is 1. The van der Waals surface area contributed by atoms with Gasteiger partial charge in [0.05, 0.1) is 18.6 Å². The van der Waals surface area contributed by atoms with Crippen molar-refractivity contribution in [2.45, 2.75) is 58.9 Å². The number of hydrogen-bond acceptors (Lipinski definition) is 4. The molecule has 5 heteroatoms. The van der Waals surface area contributed by atoms with Crippen LogP contribution in [0.15, 0.2) is 24.3 Å². The number of para-hydroxylation sites is 1. The lowest BCUT2D eigenvalue weighted by molar-refractivity contribution is -0.149. The number of amides is 1. The van der Waals surface area contributed by atoms with Gasteiger partial charge in [0.15, 0.2) is 0 Å². The lowest BCUT2D eigenvalue weighted by atomic mass is 9.95. The molecule has 1 aromatic carbocycles. The Morgan fingerprint density at radius 3 is 2.46 bits per heavy atom. The fourth-order valence-electron chi connectivity index (χ4n) is 3.45. The van der Waals surface area contributed by atoms with Crippen molar-refractivity contribution in [2.24, 2.45) is 5.92 Å². The van der Waals surface area contributed by atoms with E-state index >= 15 is 0 Å². The lowest BCUT2D eigenvalue weighted by Gasteiger charge is -2.34. The number of anilines is 1. The third-order valence-corrected chi connectivity index (χ3v) is 5.44. The SMILES string of the molecule is CCOC(=O)C1CCN([C@@H](C)C(=O)Nc2ccccc2[C@H](C)CC)CC1. The number of nitrogens with zero attached hydrogens (tertiary/aromatic N) is 1. The van der Waals surface area contributed by atoms with Crippen molar-refractivity contribution in [1.82, 2.24) is 4.90 Å². The summed E-state index contributed by atoms with van der Waals surface area (Å²) in [6, 6.07) is 7.80. The van der Waals surface area contributed by atoms with Crippen molar-refractivity contribution in [3.63, 3.8) is 0 Å². The topological polar surface area (TPSA) is 58.6 Å². The second kappa shape index (κ2) is 9.72. The molecule has 144 valence electrons. The van der Waals surface area contributed by atoms with E-state index in [1.807, 2.05) is 32.0 Å². The summed E-state index contributed by atoms with van der Waals surface area (Å²) in [5.74, 6) is 0.275. The molecule has 1 aliphatic rings. The molecule has 0 saturated carbocycles. The molecular weight excluding hydrogens is 328 g/mol. The van der Waals surface area contributed by atoms with Gasteiger partial charge in [0.2, 0.25) is 5.91 Å². The Labute approximate surface area is 157 Å². The molecule has 0 aromatic heterocycles. The predicted octanol–water partition coefficient (Wildman–Crippen LogP) is 3.80. The van der Waals surface area contributed by atoms with Crippen molar-refractivity contribution in [3.8, 4) is 0 Å². The van der Waals surface area contributed by atoms with Crippen LogP contribution >= 0.6 is 0 Å². The van der Waals surface area contributed by atoms with Crippen molar-refractivity contribution < 1.29 is 14.3 Å². The van der Waals surface area contributed by atoms with Gasteiger partial charge in [-0.25, -0.2) is 0 Å². The summed E-state index contributed by atoms with van der Waals surface area (Å²) in [6.45, 7) is 10.0. The van der Waals surface area contributed by atoms with Gasteiger partial charge in [-0.15, -0.1) is 0 Å². The normalized spacial score (nSPS) is 18.2. The number of esters is 1. The largest absolute Gasteiger partial charge is 0.466 e. The minimum Gasteiger partial charge on any atom is -0.466 e. The molecule has 1 aliphatic heterocycles. The standard InChI is InChI=1S/C21H32N2O3/c1-5-15(3)18-9-7-8-10-19(18)22-20(24)16(4)23-13-11-17(12-14-23)21(25)26-6-2/h7-10,15-17H,5-6,11-14H2,1-4H3,(H,22,24)/t15-,16+/m1/s1. The van der Waals surface area contributed by atoms with Crippen LogP contribution < -0.4 is 5.32 Å². The smallest absolute Gasteiger partial charge is 0.309 e. The van der Waals surface area contributed by atoms with Gasteiger partial charge in [-0.1, -0.05) is 32.0 Å². The molecule has 1 fully saturated rings. The first kappa shape index (κ1) is 20.4. The fourth-order valence-corrected chi connectivity index (χ4v) is 3.45. The summed E-state index contributed by atoms with van der Waals surface area (Å²) in [5, 5.41) is 3.10. The van der Waals surface area contributed by atoms with Crippen LogP contribution in [0.3, 0.4) is 0 Å². The number of carbonyl (C=O) groups excluding carboxylic acids is 2. The summed E-state index contributed by atoms with van der Waals surface area (Å²) in [4.78, 5) is 26.8. The minimum absolute atomic E-state index is 0.00957. The van der Waals surface area contributed by atoms with E-state index in [-0.39, 0.29) is 23.8 Å². The number of nitrogens with one attached hydrogen (secondary N) is 1. The first-order valence-corrected chi connectivity index (χ1v) is 9.78. The Morgan fingerprint density at radius 1 is 1.19 bits per heavy atom. The zero-order chi connectivity index (χ0) is 19.1. The second-order valence-electron chi connectivity index (χ2n) is 7.12. The monoisotopic (exact) mass is 360 g/mol. The van der Waals surface area contributed by atoms with Crippen molar-refractivity contribution >= 4 is 17.6 Å². The minimum atomic E-state index is -0.219. The highest BCUT2D eigenvalue weighted by Crippen LogP contribution is 2.27. The number of piperidine rings is 1. The molecule has 0 bridgehead atoms. The van der Waals surface area contributed by atoms with Gasteiger partial charge >= 0.3 is 5.97 Å². The van der Waals surface area contributed by atoms with Crippen molar-refractivity contribution in [1.29, 1.82) is 0 Å². The van der Waals surface area contributed by atoms with Gasteiger partial charge in [0.1, 0.15) is 0 Å². The third-order valence-electron chi connectivity index (χ3n) is 5.44. The Morgan fingerprint density at radius 2 is 1.85 bits per heavy atom. The molecule has 0 aliphatic carbocycles. The highest BCUT2D eigenvalue weighted by atomic mass is 16.5. The van der Waals surface area contributed by atoms with E-state index < -0.39 is 0 Å². The second-order valence-corrected chi connectivity index (χ2v) is 7.12. The van der Waals surface area contributed by atoms with Crippen LogP contribution in [0, 0.1) is 5.92 Å². The van der Waals surface area contributed by atoms with E-state index in [9.17, 15) is 9.59 Å². The summed E-state index contributed by atoms with van der Waals surface area (Å²) in [7, 11) is 0. The van der Waals surface area contributed by atoms with Crippen LogP contribution in [0.4, 0.5) is 5.69 Å². The van der Waals surface area contributed by atoms with E-state index in [2.05, 4.69) is 30.1 Å². The summed E-state index contributed by atoms with van der Waals surface area (Å²) >= 11 is 0. The number of rotatable bonds is 7. The van der Waals surface area contributed by atoms with E-state index in [0.29, 0.717) is 12.5 Å². The van der Waals surface area contributed by atoms with Crippen LogP contribution in [0.2, 0.25) is 0 Å². The van der Waals surface area contributed by atoms with Gasteiger partial charge in [-0.2, -0.15) is 0 Å². The van der Waals surface area contributed by atoms with E-state index in [0.717, 1.165) is 38.0 Å². The molecule has 1 N–H and O–H groups in total. The number of ether oxygens (including phenoxy) is 1. The first-order valence-electron chi connectivity index (χ1n) is 9.78. The molecule has 5 nitrogen and oxygen atoms in total. The van der Waals surface area contributed by atoms with Crippen molar-refractivity contribution in [3.05, 3.63) is 29.8 Å². The van der Waals surface area contributed by atoms with Gasteiger partial charge in [0.25, 0.3) is 0 Å². The van der Waals surface area contributed by atoms with Crippen LogP contribution in [0.1, 0.15) is 58.4 Å². The fraction of sp³-hybridized carbons (Fsp3) is 0.619. The first-order chi connectivity index (χ1) is 12.5. The van der Waals surface area contributed by atoms with Crippen LogP contribution in [0.25, 0.3) is 0 Å². The maximum atomic E-state index is 12.7. The zero-order valence-electron chi connectivity index (χ0n) is 16.5. The molecule has 1 aromatic rings. The predicted molar refractivity (Wildman–Crippen MR) is 104 cm³/mol. The Bertz CT molecular complexity index is 609. The van der Waals surface area contributed by atoms with Crippen LogP contribution in [0.5, 0.6) is 0 Å². The molecule has 26 heavy (non-hydrogen) atoms. The number of benzene rings is 1. The quantitative estimate of drug-likeness (QED) is 0.752. The van der Waals surface area contributed by atoms with Gasteiger partial charge in [-0.3, -0.25) is 14.5 Å². The molecule has 1 amide bonds. The molecular formula is C21H32N2O3. The third kappa shape index (κ3) is 5.07. The molecule has 2 rings (SSSR count).